The van der Waals surface area contributed by atoms with E-state index in [0.29, 0.717) is 36.5 Å². The molecule has 27 heavy (non-hydrogen) atoms. The van der Waals surface area contributed by atoms with E-state index in [4.69, 9.17) is 16.3 Å². The van der Waals surface area contributed by atoms with E-state index in [1.165, 1.54) is 6.20 Å². The van der Waals surface area contributed by atoms with Crippen molar-refractivity contribution in [2.24, 2.45) is 11.3 Å². The molecule has 1 saturated heterocycles. The highest BCUT2D eigenvalue weighted by atomic mass is 35.5. The molecule has 1 aromatic rings. The van der Waals surface area contributed by atoms with Crippen LogP contribution >= 0.6 is 11.6 Å². The lowest BCUT2D eigenvalue weighted by Gasteiger charge is -2.37. The molecule has 0 aromatic carbocycles. The van der Waals surface area contributed by atoms with Gasteiger partial charge in [-0.3, -0.25) is 4.79 Å². The summed E-state index contributed by atoms with van der Waals surface area (Å²) in [6.45, 7) is 8.03. The van der Waals surface area contributed by atoms with Crippen LogP contribution in [0.15, 0.2) is 11.0 Å². The van der Waals surface area contributed by atoms with Gasteiger partial charge in [-0.1, -0.05) is 32.4 Å². The Hall–Kier alpha value is -1.76. The van der Waals surface area contributed by atoms with E-state index in [-0.39, 0.29) is 23.3 Å². The molecule has 1 aliphatic heterocycles. The molecule has 2 fully saturated rings. The van der Waals surface area contributed by atoms with Crippen molar-refractivity contribution in [3.8, 4) is 0 Å². The molecule has 8 heteroatoms. The lowest BCUT2D eigenvalue weighted by Crippen LogP contribution is -2.41. The number of amides is 1. The van der Waals surface area contributed by atoms with Gasteiger partial charge in [0, 0.05) is 19.0 Å². The maximum Gasteiger partial charge on any atom is 0.407 e. The maximum atomic E-state index is 12.3. The summed E-state index contributed by atoms with van der Waals surface area (Å²) < 4.78 is 5.59. The molecule has 0 radical (unpaired) electrons. The minimum atomic E-state index is -0.415. The molecular formula is C19H29ClN4O3. The minimum absolute atomic E-state index is 0.116. The first-order valence-electron chi connectivity index (χ1n) is 9.69. The van der Waals surface area contributed by atoms with Gasteiger partial charge in [-0.05, 0) is 37.0 Å². The number of hydrogen-bond donors (Lipinski definition) is 2. The average Bonchev–Trinajstić information content (AvgIpc) is 3.05. The fourth-order valence-corrected chi connectivity index (χ4v) is 4.30. The number of alkyl carbamates (subject to hydrolysis) is 1. The molecule has 1 atom stereocenters. The Balaban J connectivity index is 1.46. The van der Waals surface area contributed by atoms with Gasteiger partial charge in [-0.15, -0.1) is 0 Å². The molecule has 1 aliphatic carbocycles. The lowest BCUT2D eigenvalue weighted by molar-refractivity contribution is 0.0975. The van der Waals surface area contributed by atoms with Crippen molar-refractivity contribution >= 4 is 23.4 Å². The smallest absolute Gasteiger partial charge is 0.407 e. The van der Waals surface area contributed by atoms with Gasteiger partial charge in [0.05, 0.1) is 18.4 Å². The number of aromatic nitrogens is 2. The van der Waals surface area contributed by atoms with Crippen LogP contribution in [-0.2, 0) is 4.74 Å². The number of anilines is 1. The SMILES string of the molecule is CC(C)(C)C1CCC(NC(=O)O[C@@H]2CCN(c3cn[nH]c(=O)c3Cl)C2)CC1. The monoisotopic (exact) mass is 396 g/mol. The second-order valence-electron chi connectivity index (χ2n) is 8.72. The lowest BCUT2D eigenvalue weighted by atomic mass is 9.71. The summed E-state index contributed by atoms with van der Waals surface area (Å²) in [6, 6.07) is 0.194. The van der Waals surface area contributed by atoms with Crippen LogP contribution in [0.1, 0.15) is 52.9 Å². The van der Waals surface area contributed by atoms with Crippen LogP contribution in [0.4, 0.5) is 10.5 Å². The van der Waals surface area contributed by atoms with E-state index in [1.54, 1.807) is 0 Å². The van der Waals surface area contributed by atoms with E-state index in [0.717, 1.165) is 25.7 Å². The fourth-order valence-electron chi connectivity index (χ4n) is 4.09. The summed E-state index contributed by atoms with van der Waals surface area (Å²) in [4.78, 5) is 25.8. The molecule has 3 rings (SSSR count). The summed E-state index contributed by atoms with van der Waals surface area (Å²) in [5.74, 6) is 0.711. The van der Waals surface area contributed by atoms with E-state index in [1.807, 2.05) is 4.90 Å². The normalized spacial score (nSPS) is 26.1. The van der Waals surface area contributed by atoms with Crippen molar-refractivity contribution in [2.75, 3.05) is 18.0 Å². The highest BCUT2D eigenvalue weighted by Gasteiger charge is 2.32. The summed E-state index contributed by atoms with van der Waals surface area (Å²) in [6.07, 6.45) is 5.94. The zero-order valence-corrected chi connectivity index (χ0v) is 17.0. The Morgan fingerprint density at radius 3 is 2.67 bits per heavy atom. The van der Waals surface area contributed by atoms with Crippen molar-refractivity contribution < 1.29 is 9.53 Å². The third-order valence-corrected chi connectivity index (χ3v) is 6.18. The zero-order valence-electron chi connectivity index (χ0n) is 16.3. The van der Waals surface area contributed by atoms with Gasteiger partial charge in [-0.25, -0.2) is 9.89 Å². The number of H-pyrrole nitrogens is 1. The highest BCUT2D eigenvalue weighted by molar-refractivity contribution is 6.33. The number of rotatable bonds is 3. The van der Waals surface area contributed by atoms with Crippen LogP contribution in [0.3, 0.4) is 0 Å². The van der Waals surface area contributed by atoms with E-state index in [9.17, 15) is 9.59 Å². The van der Waals surface area contributed by atoms with E-state index >= 15 is 0 Å². The van der Waals surface area contributed by atoms with Crippen LogP contribution < -0.4 is 15.8 Å². The third kappa shape index (κ3) is 4.94. The molecule has 0 unspecified atom stereocenters. The van der Waals surface area contributed by atoms with Crippen molar-refractivity contribution in [2.45, 2.75) is 65.0 Å². The molecule has 0 bridgehead atoms. The first-order chi connectivity index (χ1) is 12.7. The largest absolute Gasteiger partial charge is 0.444 e. The van der Waals surface area contributed by atoms with Gasteiger partial charge in [0.25, 0.3) is 5.56 Å². The summed E-state index contributed by atoms with van der Waals surface area (Å²) >= 11 is 6.05. The number of aromatic amines is 1. The number of carbonyl (C=O) groups excluding carboxylic acids is 1. The van der Waals surface area contributed by atoms with Crippen LogP contribution in [0.2, 0.25) is 5.02 Å². The predicted molar refractivity (Wildman–Crippen MR) is 105 cm³/mol. The second kappa shape index (κ2) is 8.09. The van der Waals surface area contributed by atoms with E-state index in [2.05, 4.69) is 36.3 Å². The van der Waals surface area contributed by atoms with Crippen LogP contribution in [0, 0.1) is 11.3 Å². The molecule has 150 valence electrons. The molecule has 0 spiro atoms. The average molecular weight is 397 g/mol. The summed E-state index contributed by atoms with van der Waals surface area (Å²) in [5.41, 5.74) is 0.489. The first-order valence-corrected chi connectivity index (χ1v) is 10.1. The maximum absolute atomic E-state index is 12.3. The van der Waals surface area contributed by atoms with Gasteiger partial charge >= 0.3 is 6.09 Å². The Morgan fingerprint density at radius 1 is 1.30 bits per heavy atom. The molecule has 1 saturated carbocycles. The second-order valence-corrected chi connectivity index (χ2v) is 9.10. The quantitative estimate of drug-likeness (QED) is 0.818. The van der Waals surface area contributed by atoms with E-state index < -0.39 is 5.56 Å². The number of nitrogens with zero attached hydrogens (tertiary/aromatic N) is 2. The van der Waals surface area contributed by atoms with Gasteiger partial charge in [-0.2, -0.15) is 5.10 Å². The summed E-state index contributed by atoms with van der Waals surface area (Å²) in [5, 5.41) is 9.23. The molecule has 1 aromatic heterocycles. The van der Waals surface area contributed by atoms with Crippen LogP contribution in [0.5, 0.6) is 0 Å². The zero-order chi connectivity index (χ0) is 19.6. The minimum Gasteiger partial charge on any atom is -0.444 e. The Bertz CT molecular complexity index is 722. The standard InChI is InChI=1S/C19H29ClN4O3/c1-19(2,3)12-4-6-13(7-5-12)22-18(26)27-14-8-9-24(11-14)15-10-21-23-17(25)16(15)20/h10,12-14H,4-9,11H2,1-3H3,(H,22,26)(H,23,25)/t12?,13?,14-/m1/s1. The molecule has 1 amide bonds. The van der Waals surface area contributed by atoms with Crippen LogP contribution in [-0.4, -0.2) is 41.5 Å². The van der Waals surface area contributed by atoms with Crippen molar-refractivity contribution in [3.05, 3.63) is 21.6 Å². The first kappa shape index (κ1) is 20.0. The Morgan fingerprint density at radius 2 is 2.00 bits per heavy atom. The highest BCUT2D eigenvalue weighted by Crippen LogP contribution is 2.37. The van der Waals surface area contributed by atoms with Gasteiger partial charge in [0.1, 0.15) is 11.1 Å². The number of carbonyl (C=O) groups is 1. The van der Waals surface area contributed by atoms with Gasteiger partial charge < -0.3 is 15.0 Å². The molecule has 2 heterocycles. The van der Waals surface area contributed by atoms with Crippen molar-refractivity contribution in [3.63, 3.8) is 0 Å². The third-order valence-electron chi connectivity index (χ3n) is 5.81. The topological polar surface area (TPSA) is 87.3 Å². The van der Waals surface area contributed by atoms with Crippen LogP contribution in [0.25, 0.3) is 0 Å². The molecular weight excluding hydrogens is 368 g/mol. The molecule has 7 nitrogen and oxygen atoms in total. The molecule has 2 aliphatic rings. The molecule has 2 N–H and O–H groups in total. The van der Waals surface area contributed by atoms with Gasteiger partial charge in [0.2, 0.25) is 0 Å². The number of hydrogen-bond acceptors (Lipinski definition) is 5. The van der Waals surface area contributed by atoms with Crippen molar-refractivity contribution in [1.29, 1.82) is 0 Å². The predicted octanol–water partition coefficient (Wildman–Crippen LogP) is 3.33. The number of ether oxygens (including phenoxy) is 1. The van der Waals surface area contributed by atoms with Crippen molar-refractivity contribution in [1.82, 2.24) is 15.5 Å². The Kier molecular flexibility index (Phi) is 5.99. The number of nitrogens with one attached hydrogen (secondary N) is 2. The number of halogens is 1. The summed E-state index contributed by atoms with van der Waals surface area (Å²) in [7, 11) is 0. The fraction of sp³-hybridized carbons (Fsp3) is 0.737. The van der Waals surface area contributed by atoms with Gasteiger partial charge in [0.15, 0.2) is 0 Å². The Labute approximate surface area is 164 Å².